The molecule has 2 rings (SSSR count). The van der Waals surface area contributed by atoms with Gasteiger partial charge in [-0.1, -0.05) is 50.3 Å². The van der Waals surface area contributed by atoms with Crippen LogP contribution in [0.1, 0.15) is 60.5 Å². The molecule has 0 radical (unpaired) electrons. The fourth-order valence-electron chi connectivity index (χ4n) is 2.94. The van der Waals surface area contributed by atoms with Crippen LogP contribution in [0.5, 0.6) is 11.5 Å². The molecule has 6 nitrogen and oxygen atoms in total. The summed E-state index contributed by atoms with van der Waals surface area (Å²) < 4.78 is 11.2. The molecular weight excluding hydrogens is 380 g/mol. The van der Waals surface area contributed by atoms with Crippen molar-refractivity contribution in [2.75, 3.05) is 13.2 Å². The van der Waals surface area contributed by atoms with E-state index in [1.807, 2.05) is 32.0 Å². The fourth-order valence-corrected chi connectivity index (χ4v) is 2.94. The first kappa shape index (κ1) is 23.3. The summed E-state index contributed by atoms with van der Waals surface area (Å²) in [5, 5.41) is 0. The highest BCUT2D eigenvalue weighted by Gasteiger charge is 2.09. The summed E-state index contributed by atoms with van der Waals surface area (Å²) in [6, 6.07) is 12.6. The van der Waals surface area contributed by atoms with Crippen molar-refractivity contribution in [2.45, 2.75) is 52.9 Å². The van der Waals surface area contributed by atoms with Crippen molar-refractivity contribution in [1.82, 2.24) is 10.9 Å². The number of ether oxygens (including phenoxy) is 2. The fraction of sp³-hybridized carbons (Fsp3) is 0.417. The molecule has 0 spiro atoms. The van der Waals surface area contributed by atoms with Gasteiger partial charge in [-0.3, -0.25) is 20.4 Å². The Morgan fingerprint density at radius 1 is 0.867 bits per heavy atom. The molecule has 0 heterocycles. The summed E-state index contributed by atoms with van der Waals surface area (Å²) in [5.41, 5.74) is 7.26. The highest BCUT2D eigenvalue weighted by atomic mass is 16.5. The van der Waals surface area contributed by atoms with Gasteiger partial charge in [0.2, 0.25) is 0 Å². The highest BCUT2D eigenvalue weighted by Crippen LogP contribution is 2.18. The normalized spacial score (nSPS) is 10.4. The lowest BCUT2D eigenvalue weighted by Gasteiger charge is -2.11. The molecular formula is C24H32N2O4. The average Bonchev–Trinajstić information content (AvgIpc) is 2.74. The molecule has 0 fully saturated rings. The highest BCUT2D eigenvalue weighted by molar-refractivity contribution is 5.95. The minimum Gasteiger partial charge on any atom is -0.494 e. The first-order valence-electron chi connectivity index (χ1n) is 10.5. The molecule has 2 aromatic rings. The van der Waals surface area contributed by atoms with E-state index in [1.165, 1.54) is 25.7 Å². The Kier molecular flexibility index (Phi) is 9.71. The van der Waals surface area contributed by atoms with Gasteiger partial charge in [0.15, 0.2) is 6.61 Å². The Hall–Kier alpha value is -3.02. The Balaban J connectivity index is 1.69. The van der Waals surface area contributed by atoms with E-state index in [1.54, 1.807) is 24.3 Å². The first-order chi connectivity index (χ1) is 14.5. The predicted molar refractivity (Wildman–Crippen MR) is 118 cm³/mol. The van der Waals surface area contributed by atoms with E-state index >= 15 is 0 Å². The number of nitrogens with one attached hydrogen (secondary N) is 2. The van der Waals surface area contributed by atoms with Gasteiger partial charge in [-0.2, -0.15) is 0 Å². The van der Waals surface area contributed by atoms with Crippen molar-refractivity contribution in [2.24, 2.45) is 0 Å². The van der Waals surface area contributed by atoms with Gasteiger partial charge < -0.3 is 9.47 Å². The van der Waals surface area contributed by atoms with Crippen LogP contribution >= 0.6 is 0 Å². The van der Waals surface area contributed by atoms with Crippen LogP contribution < -0.4 is 20.3 Å². The van der Waals surface area contributed by atoms with Crippen molar-refractivity contribution in [1.29, 1.82) is 0 Å². The largest absolute Gasteiger partial charge is 0.494 e. The number of rotatable bonds is 11. The molecule has 6 heteroatoms. The third-order valence-corrected chi connectivity index (χ3v) is 4.64. The summed E-state index contributed by atoms with van der Waals surface area (Å²) in [6.45, 7) is 6.59. The second kappa shape index (κ2) is 12.5. The van der Waals surface area contributed by atoms with Crippen molar-refractivity contribution in [3.63, 3.8) is 0 Å². The van der Waals surface area contributed by atoms with E-state index < -0.39 is 11.8 Å². The van der Waals surface area contributed by atoms with Crippen molar-refractivity contribution >= 4 is 11.8 Å². The topological polar surface area (TPSA) is 76.7 Å². The van der Waals surface area contributed by atoms with Crippen LogP contribution in [0.25, 0.3) is 0 Å². The molecule has 2 N–H and O–H groups in total. The number of carbonyl (C=O) groups is 2. The maximum absolute atomic E-state index is 12.2. The van der Waals surface area contributed by atoms with E-state index in [4.69, 9.17) is 9.47 Å². The van der Waals surface area contributed by atoms with Gasteiger partial charge in [-0.15, -0.1) is 0 Å². The van der Waals surface area contributed by atoms with Crippen LogP contribution in [0.3, 0.4) is 0 Å². The number of hydrazine groups is 1. The summed E-state index contributed by atoms with van der Waals surface area (Å²) in [6.07, 6.45) is 5.92. The number of unbranched alkanes of at least 4 members (excludes halogenated alkanes) is 4. The number of benzene rings is 2. The van der Waals surface area contributed by atoms with Crippen LogP contribution in [0.2, 0.25) is 0 Å². The van der Waals surface area contributed by atoms with Crippen LogP contribution in [0, 0.1) is 13.8 Å². The SMILES string of the molecule is CCCCCCCOc1ccc(C(=O)NNC(=O)COc2ccc(C)cc2C)cc1. The molecule has 0 aliphatic rings. The Labute approximate surface area is 178 Å². The summed E-state index contributed by atoms with van der Waals surface area (Å²) in [5.74, 6) is 0.531. The quantitative estimate of drug-likeness (QED) is 0.421. The number of amides is 2. The molecule has 0 aliphatic carbocycles. The predicted octanol–water partition coefficient (Wildman–Crippen LogP) is 4.49. The van der Waals surface area contributed by atoms with E-state index in [2.05, 4.69) is 17.8 Å². The van der Waals surface area contributed by atoms with Crippen LogP contribution in [0.15, 0.2) is 42.5 Å². The first-order valence-corrected chi connectivity index (χ1v) is 10.5. The smallest absolute Gasteiger partial charge is 0.276 e. The number of carbonyl (C=O) groups excluding carboxylic acids is 2. The molecule has 0 saturated carbocycles. The molecule has 2 aromatic carbocycles. The molecule has 162 valence electrons. The summed E-state index contributed by atoms with van der Waals surface area (Å²) in [7, 11) is 0. The maximum Gasteiger partial charge on any atom is 0.276 e. The van der Waals surface area contributed by atoms with Gasteiger partial charge in [-0.05, 0) is 56.2 Å². The van der Waals surface area contributed by atoms with Gasteiger partial charge in [0.25, 0.3) is 11.8 Å². The molecule has 30 heavy (non-hydrogen) atoms. The van der Waals surface area contributed by atoms with Crippen molar-refractivity contribution in [3.8, 4) is 11.5 Å². The zero-order valence-electron chi connectivity index (χ0n) is 18.1. The third-order valence-electron chi connectivity index (χ3n) is 4.64. The average molecular weight is 413 g/mol. The maximum atomic E-state index is 12.2. The zero-order valence-corrected chi connectivity index (χ0v) is 18.1. The van der Waals surface area contributed by atoms with Crippen LogP contribution in [-0.4, -0.2) is 25.0 Å². The summed E-state index contributed by atoms with van der Waals surface area (Å²) in [4.78, 5) is 24.1. The minimum absolute atomic E-state index is 0.185. The number of aryl methyl sites for hydroxylation is 2. The van der Waals surface area contributed by atoms with E-state index in [9.17, 15) is 9.59 Å². The standard InChI is InChI=1S/C24H32N2O4/c1-4-5-6-7-8-15-29-21-12-10-20(11-13-21)24(28)26-25-23(27)17-30-22-14-9-18(2)16-19(22)3/h9-14,16H,4-8,15,17H2,1-3H3,(H,25,27)(H,26,28). The van der Waals surface area contributed by atoms with Gasteiger partial charge in [0, 0.05) is 5.56 Å². The zero-order chi connectivity index (χ0) is 21.8. The van der Waals surface area contributed by atoms with Crippen LogP contribution in [-0.2, 0) is 4.79 Å². The molecule has 0 aromatic heterocycles. The van der Waals surface area contributed by atoms with Gasteiger partial charge in [0.05, 0.1) is 6.61 Å². The van der Waals surface area contributed by atoms with E-state index in [-0.39, 0.29) is 6.61 Å². The van der Waals surface area contributed by atoms with E-state index in [0.717, 1.165) is 23.3 Å². The monoisotopic (exact) mass is 412 g/mol. The lowest BCUT2D eigenvalue weighted by atomic mass is 10.1. The Bertz CT molecular complexity index is 818. The summed E-state index contributed by atoms with van der Waals surface area (Å²) >= 11 is 0. The van der Waals surface area contributed by atoms with Gasteiger partial charge >= 0.3 is 0 Å². The third kappa shape index (κ3) is 8.15. The molecule has 0 atom stereocenters. The van der Waals surface area contributed by atoms with Crippen molar-refractivity contribution in [3.05, 3.63) is 59.2 Å². The number of hydrogen-bond acceptors (Lipinski definition) is 4. The van der Waals surface area contributed by atoms with Gasteiger partial charge in [-0.25, -0.2) is 0 Å². The van der Waals surface area contributed by atoms with Gasteiger partial charge in [0.1, 0.15) is 11.5 Å². The lowest BCUT2D eigenvalue weighted by Crippen LogP contribution is -2.43. The van der Waals surface area contributed by atoms with E-state index in [0.29, 0.717) is 17.9 Å². The Morgan fingerprint density at radius 3 is 2.30 bits per heavy atom. The minimum atomic E-state index is -0.439. The second-order valence-electron chi connectivity index (χ2n) is 7.35. The molecule has 0 saturated heterocycles. The molecule has 0 aliphatic heterocycles. The molecule has 0 bridgehead atoms. The number of hydrogen-bond donors (Lipinski definition) is 2. The second-order valence-corrected chi connectivity index (χ2v) is 7.35. The van der Waals surface area contributed by atoms with Crippen LogP contribution in [0.4, 0.5) is 0 Å². The van der Waals surface area contributed by atoms with Crippen molar-refractivity contribution < 1.29 is 19.1 Å². The Morgan fingerprint density at radius 2 is 1.60 bits per heavy atom. The molecule has 0 unspecified atom stereocenters. The lowest BCUT2D eigenvalue weighted by molar-refractivity contribution is -0.123. The molecule has 2 amide bonds.